The zero-order chi connectivity index (χ0) is 10.1. The first kappa shape index (κ1) is 9.17. The van der Waals surface area contributed by atoms with E-state index in [2.05, 4.69) is 9.97 Å². The van der Waals surface area contributed by atoms with Gasteiger partial charge in [0.05, 0.1) is 24.6 Å². The fraction of sp³-hybridized carbons (Fsp3) is 0.500. The van der Waals surface area contributed by atoms with Crippen LogP contribution in [0.3, 0.4) is 0 Å². The highest BCUT2D eigenvalue weighted by molar-refractivity contribution is 5.33. The molecule has 1 aromatic heterocycles. The van der Waals surface area contributed by atoms with Gasteiger partial charge in [-0.3, -0.25) is 0 Å². The summed E-state index contributed by atoms with van der Waals surface area (Å²) in [6.07, 6.45) is 1.04. The first-order valence-corrected chi connectivity index (χ1v) is 4.29. The molecule has 0 aromatic carbocycles. The van der Waals surface area contributed by atoms with Crippen molar-refractivity contribution >= 4 is 5.95 Å². The minimum Gasteiger partial charge on any atom is -0.505 e. The van der Waals surface area contributed by atoms with Gasteiger partial charge in [0.25, 0.3) is 0 Å². The molecule has 1 aliphatic rings. The lowest BCUT2D eigenvalue weighted by Crippen LogP contribution is -2.23. The molecule has 0 aliphatic carbocycles. The van der Waals surface area contributed by atoms with Crippen molar-refractivity contribution in [3.8, 4) is 5.75 Å². The largest absolute Gasteiger partial charge is 0.505 e. The number of hydrogen-bond donors (Lipinski definition) is 3. The molecule has 2 rings (SSSR count). The highest BCUT2D eigenvalue weighted by atomic mass is 16.3. The Labute approximate surface area is 80.5 Å². The number of nitrogens with zero attached hydrogens (tertiary/aromatic N) is 3. The fourth-order valence-corrected chi connectivity index (χ4v) is 1.41. The number of rotatable bonds is 1. The van der Waals surface area contributed by atoms with Crippen molar-refractivity contribution in [1.29, 1.82) is 0 Å². The molecule has 76 valence electrons. The maximum atomic E-state index is 9.29. The lowest BCUT2D eigenvalue weighted by atomic mass is 10.3. The van der Waals surface area contributed by atoms with Crippen molar-refractivity contribution < 1.29 is 15.3 Å². The third kappa shape index (κ3) is 1.61. The molecular formula is C8H11N3O3. The summed E-state index contributed by atoms with van der Waals surface area (Å²) in [6, 6.07) is 0. The molecule has 1 saturated heterocycles. The average molecular weight is 197 g/mol. The number of aliphatic hydroxyl groups excluding tert-OH is 2. The first-order valence-electron chi connectivity index (χ1n) is 4.29. The summed E-state index contributed by atoms with van der Waals surface area (Å²) in [5.41, 5.74) is 0. The minimum absolute atomic E-state index is 0.00551. The van der Waals surface area contributed by atoms with Crippen molar-refractivity contribution in [2.75, 3.05) is 18.0 Å². The van der Waals surface area contributed by atoms with Gasteiger partial charge in [-0.15, -0.1) is 0 Å². The van der Waals surface area contributed by atoms with Crippen molar-refractivity contribution in [2.45, 2.75) is 12.2 Å². The molecule has 0 bridgehead atoms. The summed E-state index contributed by atoms with van der Waals surface area (Å²) in [4.78, 5) is 9.41. The summed E-state index contributed by atoms with van der Waals surface area (Å²) in [6.45, 7) is 0.623. The summed E-state index contributed by atoms with van der Waals surface area (Å²) in [5, 5.41) is 27.5. The maximum absolute atomic E-state index is 9.29. The van der Waals surface area contributed by atoms with Crippen LogP contribution in [0.25, 0.3) is 0 Å². The van der Waals surface area contributed by atoms with Crippen LogP contribution in [0.15, 0.2) is 12.4 Å². The monoisotopic (exact) mass is 197 g/mol. The van der Waals surface area contributed by atoms with E-state index in [4.69, 9.17) is 5.11 Å². The van der Waals surface area contributed by atoms with Gasteiger partial charge in [-0.1, -0.05) is 0 Å². The van der Waals surface area contributed by atoms with Crippen LogP contribution in [-0.4, -0.2) is 50.6 Å². The summed E-state index contributed by atoms with van der Waals surface area (Å²) in [5.74, 6) is 0.396. The van der Waals surface area contributed by atoms with E-state index >= 15 is 0 Å². The zero-order valence-electron chi connectivity index (χ0n) is 7.41. The van der Waals surface area contributed by atoms with E-state index in [1.165, 1.54) is 12.4 Å². The van der Waals surface area contributed by atoms with Gasteiger partial charge >= 0.3 is 0 Å². The third-order valence-corrected chi connectivity index (χ3v) is 2.17. The van der Waals surface area contributed by atoms with E-state index in [1.807, 2.05) is 0 Å². The lowest BCUT2D eigenvalue weighted by Gasteiger charge is -2.13. The van der Waals surface area contributed by atoms with E-state index < -0.39 is 12.2 Å². The second-order valence-corrected chi connectivity index (χ2v) is 3.28. The zero-order valence-corrected chi connectivity index (χ0v) is 7.41. The SMILES string of the molecule is Oc1cnc(N2C[C@@H](O)[C@@H](O)C2)nc1. The van der Waals surface area contributed by atoms with E-state index in [9.17, 15) is 10.2 Å². The van der Waals surface area contributed by atoms with Gasteiger partial charge < -0.3 is 20.2 Å². The number of aliphatic hydroxyl groups is 2. The van der Waals surface area contributed by atoms with Crippen molar-refractivity contribution in [2.24, 2.45) is 0 Å². The van der Waals surface area contributed by atoms with Crippen LogP contribution in [0.4, 0.5) is 5.95 Å². The lowest BCUT2D eigenvalue weighted by molar-refractivity contribution is 0.0572. The molecule has 0 saturated carbocycles. The highest BCUT2D eigenvalue weighted by Crippen LogP contribution is 2.17. The Hall–Kier alpha value is -1.40. The summed E-state index contributed by atoms with van der Waals surface area (Å²) in [7, 11) is 0. The smallest absolute Gasteiger partial charge is 0.225 e. The molecule has 14 heavy (non-hydrogen) atoms. The molecule has 2 atom stereocenters. The number of β-amino-alcohol motifs (C(OH)–C–C–N with tert-alkyl or cyclic N) is 2. The van der Waals surface area contributed by atoms with Gasteiger partial charge in [0.15, 0.2) is 5.75 Å². The predicted octanol–water partition coefficient (Wildman–Crippen LogP) is -1.28. The normalized spacial score (nSPS) is 26.9. The first-order chi connectivity index (χ1) is 6.66. The predicted molar refractivity (Wildman–Crippen MR) is 47.9 cm³/mol. The van der Waals surface area contributed by atoms with E-state index in [1.54, 1.807) is 4.90 Å². The average Bonchev–Trinajstić information content (AvgIpc) is 2.48. The number of anilines is 1. The number of hydrogen-bond acceptors (Lipinski definition) is 6. The van der Waals surface area contributed by atoms with E-state index in [0.717, 1.165) is 0 Å². The molecule has 2 heterocycles. The van der Waals surface area contributed by atoms with Gasteiger partial charge in [-0.25, -0.2) is 9.97 Å². The van der Waals surface area contributed by atoms with Gasteiger partial charge in [0, 0.05) is 13.1 Å². The van der Waals surface area contributed by atoms with Crippen LogP contribution in [0.5, 0.6) is 5.75 Å². The molecule has 6 nitrogen and oxygen atoms in total. The second-order valence-electron chi connectivity index (χ2n) is 3.28. The maximum Gasteiger partial charge on any atom is 0.225 e. The molecule has 1 fully saturated rings. The molecule has 3 N–H and O–H groups in total. The Morgan fingerprint density at radius 2 is 1.64 bits per heavy atom. The quantitative estimate of drug-likeness (QED) is 0.520. The molecule has 1 aliphatic heterocycles. The third-order valence-electron chi connectivity index (χ3n) is 2.17. The Kier molecular flexibility index (Phi) is 2.22. The van der Waals surface area contributed by atoms with Crippen LogP contribution in [0, 0.1) is 0 Å². The van der Waals surface area contributed by atoms with E-state index in [0.29, 0.717) is 19.0 Å². The molecule has 1 aromatic rings. The Morgan fingerprint density at radius 3 is 2.14 bits per heavy atom. The van der Waals surface area contributed by atoms with E-state index in [-0.39, 0.29) is 5.75 Å². The van der Waals surface area contributed by atoms with Crippen molar-refractivity contribution in [3.63, 3.8) is 0 Å². The van der Waals surface area contributed by atoms with Crippen molar-refractivity contribution in [3.05, 3.63) is 12.4 Å². The topological polar surface area (TPSA) is 89.7 Å². The second kappa shape index (κ2) is 3.39. The van der Waals surface area contributed by atoms with Gasteiger partial charge in [-0.2, -0.15) is 0 Å². The summed E-state index contributed by atoms with van der Waals surface area (Å²) < 4.78 is 0. The molecule has 0 radical (unpaired) electrons. The summed E-state index contributed by atoms with van der Waals surface area (Å²) >= 11 is 0. The Balaban J connectivity index is 2.13. The Morgan fingerprint density at radius 1 is 1.14 bits per heavy atom. The standard InChI is InChI=1S/C8H11N3O3/c12-5-1-9-8(10-2-5)11-3-6(13)7(14)4-11/h1-2,6-7,12-14H,3-4H2/t6-,7+. The van der Waals surface area contributed by atoms with Crippen LogP contribution >= 0.6 is 0 Å². The highest BCUT2D eigenvalue weighted by Gasteiger charge is 2.30. The number of aromatic hydroxyl groups is 1. The molecule has 6 heteroatoms. The Bertz CT molecular complexity index is 306. The molecule has 0 unspecified atom stereocenters. The number of aromatic nitrogens is 2. The van der Waals surface area contributed by atoms with Crippen LogP contribution in [0.1, 0.15) is 0 Å². The van der Waals surface area contributed by atoms with Crippen LogP contribution in [0.2, 0.25) is 0 Å². The van der Waals surface area contributed by atoms with Gasteiger partial charge in [0.1, 0.15) is 0 Å². The molecule has 0 spiro atoms. The van der Waals surface area contributed by atoms with Crippen LogP contribution < -0.4 is 4.90 Å². The van der Waals surface area contributed by atoms with Crippen LogP contribution in [-0.2, 0) is 0 Å². The molecular weight excluding hydrogens is 186 g/mol. The minimum atomic E-state index is -0.757. The van der Waals surface area contributed by atoms with Gasteiger partial charge in [0.2, 0.25) is 5.95 Å². The van der Waals surface area contributed by atoms with Crippen molar-refractivity contribution in [1.82, 2.24) is 9.97 Å². The van der Waals surface area contributed by atoms with Gasteiger partial charge in [-0.05, 0) is 0 Å². The molecule has 0 amide bonds. The fourth-order valence-electron chi connectivity index (χ4n) is 1.41.